The molecule has 2 aromatic rings. The van der Waals surface area contributed by atoms with Crippen LogP contribution in [0.4, 0.5) is 0 Å². The van der Waals surface area contributed by atoms with E-state index in [-0.39, 0.29) is 29.2 Å². The van der Waals surface area contributed by atoms with Crippen LogP contribution in [0.3, 0.4) is 0 Å². The summed E-state index contributed by atoms with van der Waals surface area (Å²) < 4.78 is 57.4. The fraction of sp³-hybridized carbons (Fsp3) is 0.464. The molecule has 0 bridgehead atoms. The molecule has 1 N–H and O–H groups in total. The second-order valence-corrected chi connectivity index (χ2v) is 14.5. The number of ether oxygens (including phenoxy) is 5. The standard InChI is InChI=1S/C25H36O7Si.3CO.Cr/c1-15(26)17-11-19-20(31-14-30-19)12-18(17)22-16(13-32-33(8,9)25(2,3)4)10-21(27-5)23(28-6)24(22)29-7;3*1-2;/h10-12,15,26H,13-14H2,1-9H3;;;;/t15-;;;;/m0..../s1. The number of hydrogen-bond donors (Lipinski definition) is 1. The van der Waals surface area contributed by atoms with E-state index >= 15 is 0 Å². The molecule has 0 unspecified atom stereocenters. The minimum Gasteiger partial charge on any atom is 0 e. The average molecular weight is 613 g/mol. The molecule has 0 amide bonds. The molecule has 0 saturated carbocycles. The van der Waals surface area contributed by atoms with Crippen LogP contribution in [0.2, 0.25) is 18.1 Å². The van der Waals surface area contributed by atoms with Gasteiger partial charge in [0.05, 0.1) is 34.0 Å². The Kier molecular flexibility index (Phi) is 17.7. The quantitative estimate of drug-likeness (QED) is 0.234. The molecule has 40 heavy (non-hydrogen) atoms. The summed E-state index contributed by atoms with van der Waals surface area (Å²) in [7, 11) is 2.71. The van der Waals surface area contributed by atoms with E-state index in [1.165, 1.54) is 0 Å². The van der Waals surface area contributed by atoms with Gasteiger partial charge in [0.2, 0.25) is 12.5 Å². The van der Waals surface area contributed by atoms with Crippen molar-refractivity contribution in [1.82, 2.24) is 0 Å². The molecule has 2 aromatic carbocycles. The monoisotopic (exact) mass is 612 g/mol. The molecule has 10 nitrogen and oxygen atoms in total. The molecule has 0 aliphatic carbocycles. The van der Waals surface area contributed by atoms with E-state index in [0.29, 0.717) is 40.9 Å². The van der Waals surface area contributed by atoms with Gasteiger partial charge < -0.3 is 33.2 Å². The Labute approximate surface area is 248 Å². The van der Waals surface area contributed by atoms with Gasteiger partial charge in [-0.15, -0.1) is 0 Å². The average Bonchev–Trinajstić information content (AvgIpc) is 3.40. The molecule has 3 rings (SSSR count). The van der Waals surface area contributed by atoms with Crippen LogP contribution in [0, 0.1) is 20.0 Å². The molecule has 1 heterocycles. The molecule has 0 fully saturated rings. The number of benzene rings is 2. The van der Waals surface area contributed by atoms with Crippen molar-refractivity contribution in [2.75, 3.05) is 28.1 Å². The summed E-state index contributed by atoms with van der Waals surface area (Å²) in [6.07, 6.45) is -0.749. The number of aliphatic hydroxyl groups is 1. The van der Waals surface area contributed by atoms with Crippen LogP contribution in [0.5, 0.6) is 28.7 Å². The van der Waals surface area contributed by atoms with E-state index in [4.69, 9.17) is 42.1 Å². The Hall–Kier alpha value is -2.67. The van der Waals surface area contributed by atoms with Crippen molar-refractivity contribution in [1.29, 1.82) is 0 Å². The minimum absolute atomic E-state index is 0. The number of fused-ring (bicyclic) bond motifs is 1. The van der Waals surface area contributed by atoms with Gasteiger partial charge in [-0.25, -0.2) is 0 Å². The van der Waals surface area contributed by atoms with Crippen LogP contribution in [0.15, 0.2) is 18.2 Å². The molecule has 1 atom stereocenters. The second kappa shape index (κ2) is 17.9. The molecular formula is C28H36CrO10Si. The van der Waals surface area contributed by atoms with Gasteiger partial charge in [0.1, 0.15) is 0 Å². The summed E-state index contributed by atoms with van der Waals surface area (Å²) in [5.74, 6) is 2.74. The van der Waals surface area contributed by atoms with Gasteiger partial charge in [-0.2, -0.15) is 0 Å². The van der Waals surface area contributed by atoms with E-state index in [1.807, 2.05) is 18.2 Å². The van der Waals surface area contributed by atoms with Crippen molar-refractivity contribution < 1.29 is 64.5 Å². The van der Waals surface area contributed by atoms with Gasteiger partial charge in [-0.1, -0.05) is 20.8 Å². The molecule has 0 radical (unpaired) electrons. The third kappa shape index (κ3) is 8.92. The zero-order valence-electron chi connectivity index (χ0n) is 24.3. The first-order valence-corrected chi connectivity index (χ1v) is 14.5. The maximum atomic E-state index is 10.6. The molecule has 0 aromatic heterocycles. The number of rotatable bonds is 8. The molecule has 0 spiro atoms. The van der Waals surface area contributed by atoms with Gasteiger partial charge in [-0.05, 0) is 59.9 Å². The van der Waals surface area contributed by atoms with Gasteiger partial charge in [0.15, 0.2) is 31.3 Å². The summed E-state index contributed by atoms with van der Waals surface area (Å²) in [4.78, 5) is 0. The van der Waals surface area contributed by atoms with Crippen molar-refractivity contribution in [2.24, 2.45) is 0 Å². The van der Waals surface area contributed by atoms with E-state index < -0.39 is 14.4 Å². The van der Waals surface area contributed by atoms with E-state index in [2.05, 4.69) is 53.8 Å². The number of aliphatic hydroxyl groups excluding tert-OH is 1. The van der Waals surface area contributed by atoms with Gasteiger partial charge in [0, 0.05) is 22.9 Å². The van der Waals surface area contributed by atoms with Crippen LogP contribution in [0.1, 0.15) is 44.9 Å². The van der Waals surface area contributed by atoms with E-state index in [1.54, 1.807) is 28.3 Å². The maximum absolute atomic E-state index is 10.6. The van der Waals surface area contributed by atoms with Crippen LogP contribution in [-0.2, 0) is 42.4 Å². The van der Waals surface area contributed by atoms with Crippen molar-refractivity contribution >= 4 is 8.32 Å². The molecular weight excluding hydrogens is 576 g/mol. The van der Waals surface area contributed by atoms with E-state index in [0.717, 1.165) is 16.7 Å². The topological polar surface area (TPSA) is 135 Å². The second-order valence-electron chi connectivity index (χ2n) is 9.70. The first-order chi connectivity index (χ1) is 18.4. The van der Waals surface area contributed by atoms with Crippen LogP contribution < -0.4 is 23.7 Å². The number of hydrogen-bond acceptors (Lipinski definition) is 7. The third-order valence-electron chi connectivity index (χ3n) is 6.57. The molecule has 1 aliphatic heterocycles. The first-order valence-electron chi connectivity index (χ1n) is 11.6. The smallest absolute Gasteiger partial charge is 0 e. The summed E-state index contributed by atoms with van der Waals surface area (Å²) in [5.41, 5.74) is 3.09. The van der Waals surface area contributed by atoms with Crippen molar-refractivity contribution in [3.63, 3.8) is 0 Å². The summed E-state index contributed by atoms with van der Waals surface area (Å²) in [6.45, 7) is 26.8. The van der Waals surface area contributed by atoms with Crippen LogP contribution in [-0.4, -0.2) is 41.5 Å². The Bertz CT molecular complexity index is 1140. The van der Waals surface area contributed by atoms with Crippen molar-refractivity contribution in [2.45, 2.75) is 58.5 Å². The number of methoxy groups -OCH3 is 3. The van der Waals surface area contributed by atoms with Crippen molar-refractivity contribution in [3.8, 4) is 39.9 Å². The third-order valence-corrected chi connectivity index (χ3v) is 11.0. The molecule has 1 aliphatic rings. The van der Waals surface area contributed by atoms with Gasteiger partial charge in [0.25, 0.3) is 0 Å². The first kappa shape index (κ1) is 39.5. The van der Waals surface area contributed by atoms with Crippen LogP contribution >= 0.6 is 0 Å². The molecule has 12 heteroatoms. The van der Waals surface area contributed by atoms with Crippen molar-refractivity contribution in [3.05, 3.63) is 49.3 Å². The Morgan fingerprint density at radius 3 is 1.82 bits per heavy atom. The Morgan fingerprint density at radius 2 is 1.40 bits per heavy atom. The predicted molar refractivity (Wildman–Crippen MR) is 142 cm³/mol. The summed E-state index contributed by atoms with van der Waals surface area (Å²) in [5, 5.41) is 10.7. The van der Waals surface area contributed by atoms with Gasteiger partial charge >= 0.3 is 33.9 Å². The fourth-order valence-corrected chi connectivity index (χ4v) is 4.56. The zero-order valence-corrected chi connectivity index (χ0v) is 26.5. The molecule has 0 saturated heterocycles. The zero-order chi connectivity index (χ0) is 30.6. The van der Waals surface area contributed by atoms with Gasteiger partial charge in [-0.3, -0.25) is 0 Å². The minimum atomic E-state index is -2.05. The fourth-order valence-electron chi connectivity index (χ4n) is 3.61. The molecule has 218 valence electrons. The Balaban J connectivity index is 0. The Morgan fingerprint density at radius 1 is 0.900 bits per heavy atom. The van der Waals surface area contributed by atoms with Crippen LogP contribution in [0.25, 0.3) is 11.1 Å². The largest absolute Gasteiger partial charge is 0 e. The maximum Gasteiger partial charge on any atom is 0 e. The SMILES string of the molecule is COc1cc(CO[Si](C)(C)C(C)(C)C)c(-c2cc3c(cc2[C@H](C)O)OCO3)c(OC)c1OC.[C-]#[O+].[C-]#[O+].[C-]#[O+].[Cr]. The normalized spacial score (nSPS) is 11.9. The summed E-state index contributed by atoms with van der Waals surface area (Å²) >= 11 is 0. The summed E-state index contributed by atoms with van der Waals surface area (Å²) in [6, 6.07) is 5.61. The van der Waals surface area contributed by atoms with E-state index in [9.17, 15) is 5.11 Å². The predicted octanol–water partition coefficient (Wildman–Crippen LogP) is 5.57.